The molecule has 0 aliphatic carbocycles. The van der Waals surface area contributed by atoms with Crippen molar-refractivity contribution in [2.24, 2.45) is 0 Å². The summed E-state index contributed by atoms with van der Waals surface area (Å²) in [4.78, 5) is 23.3. The lowest BCUT2D eigenvalue weighted by Gasteiger charge is -2.31. The van der Waals surface area contributed by atoms with Gasteiger partial charge in [0.1, 0.15) is 5.75 Å². The van der Waals surface area contributed by atoms with Gasteiger partial charge in [0.2, 0.25) is 0 Å². The van der Waals surface area contributed by atoms with Crippen LogP contribution < -0.4 is 4.74 Å². The van der Waals surface area contributed by atoms with Crippen LogP contribution in [0.2, 0.25) is 5.02 Å². The van der Waals surface area contributed by atoms with E-state index in [-0.39, 0.29) is 6.09 Å². The van der Waals surface area contributed by atoms with Crippen LogP contribution >= 0.6 is 11.6 Å². The topological polar surface area (TPSA) is 61.5 Å². The summed E-state index contributed by atoms with van der Waals surface area (Å²) in [6.07, 6.45) is 2.97. The van der Waals surface area contributed by atoms with Crippen LogP contribution in [0, 0.1) is 0 Å². The first-order chi connectivity index (χ1) is 10.6. The highest BCUT2D eigenvalue weighted by Gasteiger charge is 2.22. The highest BCUT2D eigenvalue weighted by atomic mass is 35.5. The molecular formula is C15H17ClN4O2. The van der Waals surface area contributed by atoms with E-state index in [1.165, 1.54) is 0 Å². The number of nitrogens with one attached hydrogen (secondary N) is 1. The first-order valence-corrected chi connectivity index (χ1v) is 7.45. The summed E-state index contributed by atoms with van der Waals surface area (Å²) >= 11 is 6.04. The fourth-order valence-corrected chi connectivity index (χ4v) is 2.52. The number of aromatic nitrogens is 2. The third kappa shape index (κ3) is 3.23. The molecule has 7 heteroatoms. The molecule has 1 saturated heterocycles. The van der Waals surface area contributed by atoms with Gasteiger partial charge in [-0.05, 0) is 25.2 Å². The molecule has 1 aliphatic rings. The molecule has 0 spiro atoms. The predicted molar refractivity (Wildman–Crippen MR) is 84.1 cm³/mol. The number of aromatic amines is 1. The number of benzene rings is 1. The van der Waals surface area contributed by atoms with Crippen LogP contribution in [0.25, 0.3) is 11.3 Å². The maximum atomic E-state index is 12.3. The van der Waals surface area contributed by atoms with Crippen LogP contribution in [0.3, 0.4) is 0 Å². The Balaban J connectivity index is 1.79. The normalized spacial score (nSPS) is 15.8. The summed E-state index contributed by atoms with van der Waals surface area (Å²) in [6.45, 7) is 3.03. The van der Waals surface area contributed by atoms with Crippen molar-refractivity contribution in [3.63, 3.8) is 0 Å². The van der Waals surface area contributed by atoms with Crippen molar-refractivity contribution in [3.8, 4) is 17.0 Å². The minimum Gasteiger partial charge on any atom is -0.409 e. The molecule has 1 fully saturated rings. The maximum Gasteiger partial charge on any atom is 0.415 e. The number of carbonyl (C=O) groups excluding carboxylic acids is 1. The van der Waals surface area contributed by atoms with Gasteiger partial charge in [0.25, 0.3) is 0 Å². The molecule has 22 heavy (non-hydrogen) atoms. The van der Waals surface area contributed by atoms with Crippen molar-refractivity contribution in [1.82, 2.24) is 19.8 Å². The van der Waals surface area contributed by atoms with E-state index in [1.54, 1.807) is 35.6 Å². The van der Waals surface area contributed by atoms with E-state index in [4.69, 9.17) is 16.3 Å². The third-order valence-corrected chi connectivity index (χ3v) is 3.91. The SMILES string of the molecule is CN1CCN(C(=O)Oc2ccc(Cl)cc2-c2c[nH]cn2)CC1. The van der Waals surface area contributed by atoms with E-state index in [1.807, 2.05) is 7.05 Å². The van der Waals surface area contributed by atoms with Gasteiger partial charge in [-0.15, -0.1) is 0 Å². The molecule has 2 heterocycles. The van der Waals surface area contributed by atoms with E-state index in [0.29, 0.717) is 35.1 Å². The summed E-state index contributed by atoms with van der Waals surface area (Å²) in [7, 11) is 2.04. The number of hydrogen-bond acceptors (Lipinski definition) is 4. The zero-order valence-corrected chi connectivity index (χ0v) is 13.0. The molecule has 0 atom stereocenters. The second kappa shape index (κ2) is 6.37. The number of halogens is 1. The van der Waals surface area contributed by atoms with Crippen LogP contribution in [-0.4, -0.2) is 59.1 Å². The lowest BCUT2D eigenvalue weighted by atomic mass is 10.1. The Kier molecular flexibility index (Phi) is 4.31. The van der Waals surface area contributed by atoms with Crippen LogP contribution in [-0.2, 0) is 0 Å². The lowest BCUT2D eigenvalue weighted by molar-refractivity contribution is 0.120. The molecule has 1 aromatic carbocycles. The lowest BCUT2D eigenvalue weighted by Crippen LogP contribution is -2.48. The molecule has 1 aliphatic heterocycles. The maximum absolute atomic E-state index is 12.3. The summed E-state index contributed by atoms with van der Waals surface area (Å²) in [5.74, 6) is 0.459. The van der Waals surface area contributed by atoms with Crippen molar-refractivity contribution < 1.29 is 9.53 Å². The summed E-state index contributed by atoms with van der Waals surface area (Å²) < 4.78 is 5.55. The van der Waals surface area contributed by atoms with Crippen molar-refractivity contribution in [2.45, 2.75) is 0 Å². The molecule has 0 unspecified atom stereocenters. The third-order valence-electron chi connectivity index (χ3n) is 3.67. The Morgan fingerprint density at radius 3 is 2.77 bits per heavy atom. The van der Waals surface area contributed by atoms with Crippen LogP contribution in [0.5, 0.6) is 5.75 Å². The van der Waals surface area contributed by atoms with Gasteiger partial charge < -0.3 is 19.5 Å². The molecule has 1 N–H and O–H groups in total. The first-order valence-electron chi connectivity index (χ1n) is 7.07. The summed E-state index contributed by atoms with van der Waals surface area (Å²) in [5, 5.41) is 0.567. The quantitative estimate of drug-likeness (QED) is 0.923. The molecule has 1 amide bonds. The molecule has 0 saturated carbocycles. The highest BCUT2D eigenvalue weighted by molar-refractivity contribution is 6.31. The van der Waals surface area contributed by atoms with Gasteiger partial charge >= 0.3 is 6.09 Å². The number of amides is 1. The number of hydrogen-bond donors (Lipinski definition) is 1. The number of nitrogens with zero attached hydrogens (tertiary/aromatic N) is 3. The fourth-order valence-electron chi connectivity index (χ4n) is 2.35. The zero-order chi connectivity index (χ0) is 15.5. The molecule has 116 valence electrons. The van der Waals surface area contributed by atoms with Gasteiger partial charge in [-0.1, -0.05) is 11.6 Å². The van der Waals surface area contributed by atoms with Crippen LogP contribution in [0.15, 0.2) is 30.7 Å². The molecule has 3 rings (SSSR count). The van der Waals surface area contributed by atoms with Crippen molar-refractivity contribution in [2.75, 3.05) is 33.2 Å². The molecule has 1 aromatic heterocycles. The largest absolute Gasteiger partial charge is 0.415 e. The Morgan fingerprint density at radius 1 is 1.32 bits per heavy atom. The minimum atomic E-state index is -0.341. The number of carbonyl (C=O) groups is 1. The fraction of sp³-hybridized carbons (Fsp3) is 0.333. The van der Waals surface area contributed by atoms with Crippen molar-refractivity contribution >= 4 is 17.7 Å². The van der Waals surface area contributed by atoms with Crippen LogP contribution in [0.1, 0.15) is 0 Å². The van der Waals surface area contributed by atoms with Crippen molar-refractivity contribution in [3.05, 3.63) is 35.7 Å². The molecule has 2 aromatic rings. The smallest absolute Gasteiger partial charge is 0.409 e. The molecular weight excluding hydrogens is 304 g/mol. The standard InChI is InChI=1S/C15H17ClN4O2/c1-19-4-6-20(7-5-19)15(21)22-14-3-2-11(16)8-12(14)13-9-17-10-18-13/h2-3,8-10H,4-7H2,1H3,(H,17,18). The molecule has 0 bridgehead atoms. The predicted octanol–water partition coefficient (Wildman–Crippen LogP) is 2.48. The zero-order valence-electron chi connectivity index (χ0n) is 12.3. The number of ether oxygens (including phenoxy) is 1. The van der Waals surface area contributed by atoms with Gasteiger partial charge in [-0.3, -0.25) is 0 Å². The number of rotatable bonds is 2. The van der Waals surface area contributed by atoms with Gasteiger partial charge in [0.15, 0.2) is 0 Å². The van der Waals surface area contributed by atoms with E-state index in [9.17, 15) is 4.79 Å². The Morgan fingerprint density at radius 2 is 2.09 bits per heavy atom. The van der Waals surface area contributed by atoms with Crippen LogP contribution in [0.4, 0.5) is 4.79 Å². The van der Waals surface area contributed by atoms with Gasteiger partial charge in [-0.25, -0.2) is 9.78 Å². The average Bonchev–Trinajstić information content (AvgIpc) is 3.04. The number of piperazine rings is 1. The summed E-state index contributed by atoms with van der Waals surface area (Å²) in [6, 6.07) is 5.13. The van der Waals surface area contributed by atoms with E-state index in [0.717, 1.165) is 13.1 Å². The Hall–Kier alpha value is -2.05. The number of likely N-dealkylation sites (N-methyl/N-ethyl adjacent to an activating group) is 1. The number of imidazole rings is 1. The van der Waals surface area contributed by atoms with E-state index < -0.39 is 0 Å². The first kappa shape index (κ1) is 14.9. The van der Waals surface area contributed by atoms with Gasteiger partial charge in [0, 0.05) is 43.0 Å². The Bertz CT molecular complexity index is 652. The van der Waals surface area contributed by atoms with E-state index in [2.05, 4.69) is 14.9 Å². The Labute approximate surface area is 133 Å². The minimum absolute atomic E-state index is 0.341. The van der Waals surface area contributed by atoms with Gasteiger partial charge in [-0.2, -0.15) is 0 Å². The monoisotopic (exact) mass is 320 g/mol. The highest BCUT2D eigenvalue weighted by Crippen LogP contribution is 2.31. The van der Waals surface area contributed by atoms with Gasteiger partial charge in [0.05, 0.1) is 12.0 Å². The average molecular weight is 321 g/mol. The second-order valence-corrected chi connectivity index (χ2v) is 5.69. The molecule has 0 radical (unpaired) electrons. The summed E-state index contributed by atoms with van der Waals surface area (Å²) in [5.41, 5.74) is 1.37. The van der Waals surface area contributed by atoms with Crippen molar-refractivity contribution in [1.29, 1.82) is 0 Å². The second-order valence-electron chi connectivity index (χ2n) is 5.25. The molecule has 6 nitrogen and oxygen atoms in total. The van der Waals surface area contributed by atoms with E-state index >= 15 is 0 Å². The number of H-pyrrole nitrogens is 1.